The highest BCUT2D eigenvalue weighted by molar-refractivity contribution is 5.83. The lowest BCUT2D eigenvalue weighted by Crippen LogP contribution is -2.47. The molecule has 0 aromatic carbocycles. The zero-order valence-electron chi connectivity index (χ0n) is 12.7. The summed E-state index contributed by atoms with van der Waals surface area (Å²) in [6, 6.07) is 0. The SMILES string of the molecule is CC(C)CC(O)CNC(=O)C(C)(C)n1cc([N+](=O)[O-])cn1. The third kappa shape index (κ3) is 4.52. The van der Waals surface area contributed by atoms with Crippen LogP contribution in [-0.4, -0.2) is 38.4 Å². The maximum Gasteiger partial charge on any atom is 0.307 e. The summed E-state index contributed by atoms with van der Waals surface area (Å²) in [5.41, 5.74) is -1.25. The van der Waals surface area contributed by atoms with Crippen molar-refractivity contribution in [3.63, 3.8) is 0 Å². The molecule has 2 N–H and O–H groups in total. The van der Waals surface area contributed by atoms with Crippen LogP contribution < -0.4 is 5.32 Å². The molecule has 1 unspecified atom stereocenters. The zero-order chi connectivity index (χ0) is 16.2. The minimum atomic E-state index is -1.08. The van der Waals surface area contributed by atoms with Gasteiger partial charge in [0, 0.05) is 6.54 Å². The van der Waals surface area contributed by atoms with Gasteiger partial charge in [0.25, 0.3) is 0 Å². The van der Waals surface area contributed by atoms with E-state index in [0.717, 1.165) is 6.20 Å². The first-order valence-electron chi connectivity index (χ1n) is 6.80. The van der Waals surface area contributed by atoms with Crippen molar-refractivity contribution < 1.29 is 14.8 Å². The maximum absolute atomic E-state index is 12.2. The lowest BCUT2D eigenvalue weighted by Gasteiger charge is -2.25. The van der Waals surface area contributed by atoms with Crippen molar-refractivity contribution in [2.45, 2.75) is 45.8 Å². The number of aromatic nitrogens is 2. The van der Waals surface area contributed by atoms with Gasteiger partial charge < -0.3 is 10.4 Å². The van der Waals surface area contributed by atoms with Crippen molar-refractivity contribution in [2.75, 3.05) is 6.54 Å². The summed E-state index contributed by atoms with van der Waals surface area (Å²) in [4.78, 5) is 22.3. The second-order valence-corrected chi connectivity index (χ2v) is 5.95. The van der Waals surface area contributed by atoms with E-state index >= 15 is 0 Å². The fourth-order valence-corrected chi connectivity index (χ4v) is 1.87. The van der Waals surface area contributed by atoms with Gasteiger partial charge >= 0.3 is 5.69 Å². The fraction of sp³-hybridized carbons (Fsp3) is 0.692. The first-order valence-corrected chi connectivity index (χ1v) is 6.80. The van der Waals surface area contributed by atoms with Crippen molar-refractivity contribution in [1.82, 2.24) is 15.1 Å². The van der Waals surface area contributed by atoms with Crippen LogP contribution in [0, 0.1) is 16.0 Å². The molecule has 118 valence electrons. The van der Waals surface area contributed by atoms with E-state index in [1.165, 1.54) is 10.9 Å². The standard InChI is InChI=1S/C13H22N4O4/c1-9(2)5-11(18)7-14-12(19)13(3,4)16-8-10(6-15-16)17(20)21/h6,8-9,11,18H,5,7H2,1-4H3,(H,14,19). The van der Waals surface area contributed by atoms with Gasteiger partial charge in [-0.3, -0.25) is 19.6 Å². The second-order valence-electron chi connectivity index (χ2n) is 5.95. The van der Waals surface area contributed by atoms with Gasteiger partial charge in [-0.25, -0.2) is 0 Å². The Labute approximate surface area is 123 Å². The number of hydrogen-bond acceptors (Lipinski definition) is 5. The molecule has 1 aromatic rings. The van der Waals surface area contributed by atoms with Gasteiger partial charge in [0.1, 0.15) is 17.9 Å². The maximum atomic E-state index is 12.2. The molecule has 0 spiro atoms. The molecule has 0 radical (unpaired) electrons. The minimum absolute atomic E-state index is 0.143. The number of carbonyl (C=O) groups is 1. The highest BCUT2D eigenvalue weighted by Crippen LogP contribution is 2.18. The van der Waals surface area contributed by atoms with Crippen molar-refractivity contribution in [2.24, 2.45) is 5.92 Å². The molecule has 1 aromatic heterocycles. The van der Waals surface area contributed by atoms with Gasteiger partial charge in [-0.1, -0.05) is 13.8 Å². The summed E-state index contributed by atoms with van der Waals surface area (Å²) in [5, 5.41) is 26.9. The monoisotopic (exact) mass is 298 g/mol. The Bertz CT molecular complexity index is 510. The molecule has 0 fully saturated rings. The molecule has 1 amide bonds. The number of aliphatic hydroxyl groups excluding tert-OH is 1. The van der Waals surface area contributed by atoms with Gasteiger partial charge in [0.05, 0.1) is 11.0 Å². The Morgan fingerprint density at radius 1 is 1.57 bits per heavy atom. The Kier molecular flexibility index (Phi) is 5.42. The van der Waals surface area contributed by atoms with Crippen LogP contribution in [0.2, 0.25) is 0 Å². The van der Waals surface area contributed by atoms with Crippen molar-refractivity contribution in [3.8, 4) is 0 Å². The van der Waals surface area contributed by atoms with Crippen LogP contribution >= 0.6 is 0 Å². The molecule has 1 heterocycles. The molecular formula is C13H22N4O4. The van der Waals surface area contributed by atoms with E-state index in [9.17, 15) is 20.0 Å². The molecule has 0 saturated heterocycles. The van der Waals surface area contributed by atoms with Gasteiger partial charge in [-0.15, -0.1) is 0 Å². The lowest BCUT2D eigenvalue weighted by molar-refractivity contribution is -0.385. The van der Waals surface area contributed by atoms with E-state index in [1.807, 2.05) is 13.8 Å². The summed E-state index contributed by atoms with van der Waals surface area (Å²) in [5.74, 6) is -0.0259. The first-order chi connectivity index (χ1) is 9.64. The third-order valence-corrected chi connectivity index (χ3v) is 3.15. The average molecular weight is 298 g/mol. The van der Waals surface area contributed by atoms with Crippen LogP contribution in [0.25, 0.3) is 0 Å². The lowest BCUT2D eigenvalue weighted by atomic mass is 10.0. The van der Waals surface area contributed by atoms with Gasteiger partial charge in [0.15, 0.2) is 0 Å². The fourth-order valence-electron chi connectivity index (χ4n) is 1.87. The van der Waals surface area contributed by atoms with Crippen molar-refractivity contribution in [1.29, 1.82) is 0 Å². The molecule has 0 aliphatic rings. The smallest absolute Gasteiger partial charge is 0.307 e. The van der Waals surface area contributed by atoms with Crippen LogP contribution in [0.5, 0.6) is 0 Å². The Balaban J connectivity index is 2.68. The van der Waals surface area contributed by atoms with Gasteiger partial charge in [0.2, 0.25) is 5.91 Å². The van der Waals surface area contributed by atoms with E-state index in [1.54, 1.807) is 13.8 Å². The predicted octanol–water partition coefficient (Wildman–Crippen LogP) is 1.05. The molecular weight excluding hydrogens is 276 g/mol. The van der Waals surface area contributed by atoms with Crippen LogP contribution in [0.1, 0.15) is 34.1 Å². The Hall–Kier alpha value is -1.96. The third-order valence-electron chi connectivity index (χ3n) is 3.15. The topological polar surface area (TPSA) is 110 Å². The quantitative estimate of drug-likeness (QED) is 0.577. The molecule has 0 bridgehead atoms. The molecule has 0 saturated carbocycles. The number of nitro groups is 1. The van der Waals surface area contributed by atoms with E-state index < -0.39 is 16.6 Å². The van der Waals surface area contributed by atoms with Crippen molar-refractivity contribution in [3.05, 3.63) is 22.5 Å². The summed E-state index contributed by atoms with van der Waals surface area (Å²) < 4.78 is 1.25. The molecule has 8 heteroatoms. The van der Waals surface area contributed by atoms with E-state index in [0.29, 0.717) is 12.3 Å². The van der Waals surface area contributed by atoms with Gasteiger partial charge in [-0.05, 0) is 26.2 Å². The van der Waals surface area contributed by atoms with E-state index in [-0.39, 0.29) is 18.1 Å². The summed E-state index contributed by atoms with van der Waals surface area (Å²) in [6.45, 7) is 7.32. The number of rotatable bonds is 7. The summed E-state index contributed by atoms with van der Waals surface area (Å²) >= 11 is 0. The predicted molar refractivity (Wildman–Crippen MR) is 76.7 cm³/mol. The van der Waals surface area contributed by atoms with Crippen molar-refractivity contribution >= 4 is 11.6 Å². The van der Waals surface area contributed by atoms with Crippen LogP contribution in [0.4, 0.5) is 5.69 Å². The second kappa shape index (κ2) is 6.66. The van der Waals surface area contributed by atoms with E-state index in [4.69, 9.17) is 0 Å². The number of hydrogen-bond donors (Lipinski definition) is 2. The van der Waals surface area contributed by atoms with Crippen LogP contribution in [0.15, 0.2) is 12.4 Å². The largest absolute Gasteiger partial charge is 0.391 e. The Morgan fingerprint density at radius 2 is 2.19 bits per heavy atom. The number of nitrogens with one attached hydrogen (secondary N) is 1. The molecule has 21 heavy (non-hydrogen) atoms. The number of aliphatic hydroxyl groups is 1. The summed E-state index contributed by atoms with van der Waals surface area (Å²) in [6.07, 6.45) is 2.29. The van der Waals surface area contributed by atoms with Gasteiger partial charge in [-0.2, -0.15) is 5.10 Å². The van der Waals surface area contributed by atoms with E-state index in [2.05, 4.69) is 10.4 Å². The first kappa shape index (κ1) is 17.1. The molecule has 0 aliphatic heterocycles. The minimum Gasteiger partial charge on any atom is -0.391 e. The Morgan fingerprint density at radius 3 is 2.67 bits per heavy atom. The molecule has 0 aliphatic carbocycles. The molecule has 8 nitrogen and oxygen atoms in total. The van der Waals surface area contributed by atoms with Crippen LogP contribution in [-0.2, 0) is 10.3 Å². The summed E-state index contributed by atoms with van der Waals surface area (Å²) in [7, 11) is 0. The normalized spacial score (nSPS) is 13.2. The molecule has 1 rings (SSSR count). The highest BCUT2D eigenvalue weighted by Gasteiger charge is 2.32. The average Bonchev–Trinajstić information content (AvgIpc) is 2.85. The zero-order valence-corrected chi connectivity index (χ0v) is 12.7. The highest BCUT2D eigenvalue weighted by atomic mass is 16.6. The van der Waals surface area contributed by atoms with Crippen LogP contribution in [0.3, 0.4) is 0 Å². The number of amides is 1. The molecule has 1 atom stereocenters. The number of nitrogens with zero attached hydrogens (tertiary/aromatic N) is 3. The number of carbonyl (C=O) groups excluding carboxylic acids is 1.